The zero-order chi connectivity index (χ0) is 45.1. The minimum atomic E-state index is -4.54. The molecule has 1 aromatic heterocycles. The third kappa shape index (κ3) is 10.4. The van der Waals surface area contributed by atoms with E-state index in [1.165, 1.54) is 17.0 Å². The molecule has 17 heteroatoms. The fourth-order valence-electron chi connectivity index (χ4n) is 9.37. The number of rotatable bonds is 16. The van der Waals surface area contributed by atoms with Crippen molar-refractivity contribution in [1.82, 2.24) is 25.1 Å². The Labute approximate surface area is 369 Å². The fourth-order valence-corrected chi connectivity index (χ4v) is 9.37. The summed E-state index contributed by atoms with van der Waals surface area (Å²) in [7, 11) is 0. The molecule has 0 aliphatic carbocycles. The molecule has 4 aliphatic rings. The summed E-state index contributed by atoms with van der Waals surface area (Å²) in [5, 5.41) is 6.24. The Morgan fingerprint density at radius 2 is 1.73 bits per heavy atom. The van der Waals surface area contributed by atoms with Crippen molar-refractivity contribution in [2.45, 2.75) is 115 Å². The van der Waals surface area contributed by atoms with Gasteiger partial charge in [-0.05, 0) is 125 Å². The number of aryl methyl sites for hydroxylation is 1. The molecular formula is C47H55F4N7O6. The number of unbranched alkanes of at least 4 members (excludes halogenated alkanes) is 4. The summed E-state index contributed by atoms with van der Waals surface area (Å²) in [5.41, 5.74) is 8.01. The predicted molar refractivity (Wildman–Crippen MR) is 231 cm³/mol. The summed E-state index contributed by atoms with van der Waals surface area (Å²) in [4.78, 5) is 50.8. The monoisotopic (exact) mass is 889 g/mol. The van der Waals surface area contributed by atoms with Crippen LogP contribution in [0.25, 0.3) is 10.9 Å². The van der Waals surface area contributed by atoms with Crippen molar-refractivity contribution in [3.63, 3.8) is 0 Å². The van der Waals surface area contributed by atoms with Gasteiger partial charge in [-0.15, -0.1) is 0 Å². The van der Waals surface area contributed by atoms with Crippen molar-refractivity contribution in [3.8, 4) is 11.5 Å². The maximum Gasteiger partial charge on any atom is 0.416 e. The summed E-state index contributed by atoms with van der Waals surface area (Å²) in [6.45, 7) is 7.99. The lowest BCUT2D eigenvalue weighted by atomic mass is 9.85. The molecule has 1 unspecified atom stereocenters. The first-order valence-electron chi connectivity index (χ1n) is 22.3. The third-order valence-corrected chi connectivity index (χ3v) is 12.8. The number of imide groups is 1. The SMILES string of the molecule is Cc1nc(N[C@H](C)c2cc(N)cc(C(F)(F)F)c2)c2cc(O[C@H]3CCOC3)c(OCCCCCCCN3CCC(c4cc(F)cc5c4CN(C4CCC(=O)NC4=O)C5=O)CC3)cc2n1. The van der Waals surface area contributed by atoms with Crippen LogP contribution in [0.1, 0.15) is 122 Å². The molecule has 5 heterocycles. The second-order valence-corrected chi connectivity index (χ2v) is 17.4. The number of hydrogen-bond donors (Lipinski definition) is 3. The van der Waals surface area contributed by atoms with Gasteiger partial charge in [0.1, 0.15) is 29.6 Å². The molecule has 0 saturated carbocycles. The maximum absolute atomic E-state index is 14.9. The number of alkyl halides is 3. The number of amides is 3. The predicted octanol–water partition coefficient (Wildman–Crippen LogP) is 7.99. The highest BCUT2D eigenvalue weighted by atomic mass is 19.4. The minimum Gasteiger partial charge on any atom is -0.490 e. The number of nitrogens with two attached hydrogens (primary N) is 1. The summed E-state index contributed by atoms with van der Waals surface area (Å²) < 4.78 is 73.9. The number of nitrogen functional groups attached to an aromatic ring is 1. The van der Waals surface area contributed by atoms with Crippen LogP contribution < -0.4 is 25.8 Å². The number of nitrogens with zero attached hydrogens (tertiary/aromatic N) is 4. The average Bonchev–Trinajstić information content (AvgIpc) is 3.88. The molecule has 3 aromatic carbocycles. The molecule has 13 nitrogen and oxygen atoms in total. The van der Waals surface area contributed by atoms with E-state index in [4.69, 9.17) is 19.9 Å². The molecule has 4 aromatic rings. The van der Waals surface area contributed by atoms with Crippen molar-refractivity contribution in [2.24, 2.45) is 0 Å². The highest BCUT2D eigenvalue weighted by Gasteiger charge is 2.41. The Hall–Kier alpha value is -5.55. The lowest BCUT2D eigenvalue weighted by Crippen LogP contribution is -2.52. The molecule has 0 radical (unpaired) electrons. The van der Waals surface area contributed by atoms with E-state index in [-0.39, 0.29) is 48.9 Å². The molecule has 3 atom stereocenters. The minimum absolute atomic E-state index is 0.0175. The highest BCUT2D eigenvalue weighted by Crippen LogP contribution is 2.40. The molecule has 3 fully saturated rings. The van der Waals surface area contributed by atoms with Crippen LogP contribution in [-0.4, -0.2) is 89.1 Å². The quantitative estimate of drug-likeness (QED) is 0.0433. The zero-order valence-corrected chi connectivity index (χ0v) is 36.2. The first-order valence-corrected chi connectivity index (χ1v) is 22.3. The number of benzene rings is 3. The smallest absolute Gasteiger partial charge is 0.416 e. The number of aromatic nitrogens is 2. The Bertz CT molecular complexity index is 2380. The standard InChI is InChI=1S/C47H55F4N7O6/c1-27(30-18-31(47(49,50)51)20-33(52)19-30)53-44-37-23-42(64-34-12-17-62-26-34)41(24-39(37)54-28(2)55-44)63-16-7-5-3-4-6-13-57-14-10-29(11-15-57)35-21-32(48)22-36-38(35)25-58(46(36)61)40-8-9-43(59)56-45(40)60/h18-24,27,29,34,40H,3-17,25-26,52H2,1-2H3,(H,53,54,55)(H,56,59,60)/t27-,34+,40?/m1/s1. The molecule has 4 aliphatic heterocycles. The van der Waals surface area contributed by atoms with E-state index in [1.807, 2.05) is 12.1 Å². The van der Waals surface area contributed by atoms with Crippen LogP contribution >= 0.6 is 0 Å². The lowest BCUT2D eigenvalue weighted by molar-refractivity contribution is -0.138. The summed E-state index contributed by atoms with van der Waals surface area (Å²) >= 11 is 0. The van der Waals surface area contributed by atoms with Crippen LogP contribution in [0.15, 0.2) is 42.5 Å². The topological polar surface area (TPSA) is 161 Å². The van der Waals surface area contributed by atoms with Crippen molar-refractivity contribution >= 4 is 40.1 Å². The van der Waals surface area contributed by atoms with Gasteiger partial charge in [-0.1, -0.05) is 19.3 Å². The number of hydrogen-bond acceptors (Lipinski definition) is 11. The van der Waals surface area contributed by atoms with Gasteiger partial charge in [-0.2, -0.15) is 13.2 Å². The second kappa shape index (κ2) is 19.3. The Morgan fingerprint density at radius 3 is 2.48 bits per heavy atom. The third-order valence-electron chi connectivity index (χ3n) is 12.8. The number of carbonyl (C=O) groups excluding carboxylic acids is 3. The van der Waals surface area contributed by atoms with E-state index < -0.39 is 35.5 Å². The van der Waals surface area contributed by atoms with E-state index >= 15 is 0 Å². The van der Waals surface area contributed by atoms with Gasteiger partial charge in [0.2, 0.25) is 11.8 Å². The number of carbonyl (C=O) groups is 3. The van der Waals surface area contributed by atoms with E-state index in [9.17, 15) is 31.9 Å². The molecule has 342 valence electrons. The molecule has 3 amide bonds. The van der Waals surface area contributed by atoms with Crippen LogP contribution in [0.4, 0.5) is 29.1 Å². The van der Waals surface area contributed by atoms with Gasteiger partial charge in [0, 0.05) is 42.1 Å². The van der Waals surface area contributed by atoms with Crippen LogP contribution in [0, 0.1) is 12.7 Å². The number of piperidine rings is 2. The molecular weight excluding hydrogens is 835 g/mol. The summed E-state index contributed by atoms with van der Waals surface area (Å²) in [5.74, 6) is 0.482. The van der Waals surface area contributed by atoms with E-state index in [2.05, 4.69) is 25.5 Å². The molecule has 64 heavy (non-hydrogen) atoms. The van der Waals surface area contributed by atoms with Gasteiger partial charge in [-0.3, -0.25) is 19.7 Å². The van der Waals surface area contributed by atoms with Crippen molar-refractivity contribution in [2.75, 3.05) is 50.5 Å². The van der Waals surface area contributed by atoms with Gasteiger partial charge < -0.3 is 35.1 Å². The van der Waals surface area contributed by atoms with Crippen LogP contribution in [0.5, 0.6) is 11.5 Å². The van der Waals surface area contributed by atoms with Gasteiger partial charge >= 0.3 is 6.18 Å². The van der Waals surface area contributed by atoms with E-state index in [1.54, 1.807) is 19.9 Å². The first-order chi connectivity index (χ1) is 30.7. The number of ether oxygens (including phenoxy) is 3. The van der Waals surface area contributed by atoms with Crippen molar-refractivity contribution < 1.29 is 46.2 Å². The Balaban J connectivity index is 0.815. The van der Waals surface area contributed by atoms with Crippen LogP contribution in [0.3, 0.4) is 0 Å². The highest BCUT2D eigenvalue weighted by molar-refractivity contribution is 6.05. The van der Waals surface area contributed by atoms with Crippen molar-refractivity contribution in [3.05, 3.63) is 81.9 Å². The van der Waals surface area contributed by atoms with E-state index in [0.717, 1.165) is 94.3 Å². The fraction of sp³-hybridized carbons (Fsp3) is 0.511. The Kier molecular flexibility index (Phi) is 13.6. The Morgan fingerprint density at radius 1 is 0.953 bits per heavy atom. The average molecular weight is 890 g/mol. The second-order valence-electron chi connectivity index (χ2n) is 17.4. The zero-order valence-electron chi connectivity index (χ0n) is 36.2. The number of nitrogens with one attached hydrogen (secondary N) is 2. The molecule has 4 N–H and O–H groups in total. The number of anilines is 2. The summed E-state index contributed by atoms with van der Waals surface area (Å²) in [6.07, 6.45) is 3.15. The maximum atomic E-state index is 14.9. The summed E-state index contributed by atoms with van der Waals surface area (Å²) in [6, 6.07) is 8.71. The largest absolute Gasteiger partial charge is 0.490 e. The van der Waals surface area contributed by atoms with Crippen LogP contribution in [-0.2, 0) is 27.0 Å². The molecule has 0 bridgehead atoms. The lowest BCUT2D eigenvalue weighted by Gasteiger charge is -2.33. The molecule has 3 saturated heterocycles. The number of fused-ring (bicyclic) bond motifs is 2. The molecule has 0 spiro atoms. The van der Waals surface area contributed by atoms with Gasteiger partial charge in [0.25, 0.3) is 5.91 Å². The molecule has 8 rings (SSSR count). The van der Waals surface area contributed by atoms with Gasteiger partial charge in [0.05, 0.1) is 36.9 Å². The van der Waals surface area contributed by atoms with Gasteiger partial charge in [-0.25, -0.2) is 14.4 Å². The van der Waals surface area contributed by atoms with Gasteiger partial charge in [0.15, 0.2) is 11.5 Å². The normalized spacial score (nSPS) is 20.2. The van der Waals surface area contributed by atoms with Crippen molar-refractivity contribution in [1.29, 1.82) is 0 Å². The number of likely N-dealkylation sites (tertiary alicyclic amines) is 1. The first kappa shape index (κ1) is 45.0. The van der Waals surface area contributed by atoms with Crippen LogP contribution in [0.2, 0.25) is 0 Å². The van der Waals surface area contributed by atoms with E-state index in [0.29, 0.717) is 65.0 Å². The number of halogens is 4.